The lowest BCUT2D eigenvalue weighted by Gasteiger charge is -2.27. The van der Waals surface area contributed by atoms with E-state index in [1.54, 1.807) is 0 Å². The third-order valence-electron chi connectivity index (χ3n) is 11.6. The highest BCUT2D eigenvalue weighted by Gasteiger charge is 2.27. The van der Waals surface area contributed by atoms with Crippen LogP contribution in [-0.2, 0) is 0 Å². The Bertz CT molecular complexity index is 3120. The molecule has 0 aliphatic heterocycles. The maximum Gasteiger partial charge on any atom is 0.143 e. The van der Waals surface area contributed by atoms with Gasteiger partial charge in [0, 0.05) is 39.0 Å². The molecule has 1 aliphatic carbocycles. The first-order valence-corrected chi connectivity index (χ1v) is 19.6. The SMILES string of the molecule is Cc1cc(-c2ccccc2)ccc1N(c1ccccc1)c1ccc(-c2cc3c(c4c2oc2ccccc24)-c2ccccc2-c2ccccc2-c2ccccc2-3)cc1. The van der Waals surface area contributed by atoms with Crippen molar-refractivity contribution >= 4 is 39.0 Å². The van der Waals surface area contributed by atoms with Gasteiger partial charge in [-0.1, -0.05) is 158 Å². The maximum absolute atomic E-state index is 6.92. The lowest BCUT2D eigenvalue weighted by atomic mass is 9.78. The highest BCUT2D eigenvalue weighted by Crippen LogP contribution is 2.53. The summed E-state index contributed by atoms with van der Waals surface area (Å²) in [5.41, 5.74) is 20.7. The van der Waals surface area contributed by atoms with E-state index in [1.807, 2.05) is 0 Å². The van der Waals surface area contributed by atoms with Crippen LogP contribution in [0.4, 0.5) is 17.1 Å². The third-order valence-corrected chi connectivity index (χ3v) is 11.6. The van der Waals surface area contributed by atoms with Gasteiger partial charge in [-0.25, -0.2) is 0 Å². The molecule has 0 atom stereocenters. The molecule has 0 saturated heterocycles. The summed E-state index contributed by atoms with van der Waals surface area (Å²) in [5, 5.41) is 2.26. The molecule has 0 spiro atoms. The van der Waals surface area contributed by atoms with Crippen molar-refractivity contribution in [3.63, 3.8) is 0 Å². The number of benzene rings is 9. The standard InChI is InChI=1S/C55H37NO/c1-36-34-39(37-16-4-2-5-17-37)30-33-51(36)56(40-18-6-3-7-19-40)41-31-28-38(29-32-41)49-35-50-46-24-11-10-22-44(46)42-20-8-9-21-43(42)45-23-12-13-25-47(45)53(50)54-48-26-14-15-27-52(48)57-55(49)54/h2-35H,1H3. The number of nitrogens with zero attached hydrogens (tertiary/aromatic N) is 1. The second kappa shape index (κ2) is 13.4. The minimum Gasteiger partial charge on any atom is -0.455 e. The molecule has 268 valence electrons. The Morgan fingerprint density at radius 1 is 0.368 bits per heavy atom. The Morgan fingerprint density at radius 3 is 1.53 bits per heavy atom. The van der Waals surface area contributed by atoms with Crippen molar-refractivity contribution in [2.24, 2.45) is 0 Å². The van der Waals surface area contributed by atoms with Crippen LogP contribution in [0.2, 0.25) is 0 Å². The number of rotatable bonds is 5. The van der Waals surface area contributed by atoms with E-state index in [4.69, 9.17) is 4.42 Å². The predicted octanol–water partition coefficient (Wildman–Crippen LogP) is 15.7. The summed E-state index contributed by atoms with van der Waals surface area (Å²) in [5.74, 6) is 0. The minimum absolute atomic E-state index is 0.886. The van der Waals surface area contributed by atoms with E-state index < -0.39 is 0 Å². The Hall–Kier alpha value is -7.42. The van der Waals surface area contributed by atoms with E-state index in [2.05, 4.69) is 218 Å². The number of aryl methyl sites for hydroxylation is 1. The van der Waals surface area contributed by atoms with Crippen LogP contribution in [-0.4, -0.2) is 0 Å². The highest BCUT2D eigenvalue weighted by atomic mass is 16.3. The summed E-state index contributed by atoms with van der Waals surface area (Å²) >= 11 is 0. The van der Waals surface area contributed by atoms with Gasteiger partial charge in [-0.3, -0.25) is 0 Å². The topological polar surface area (TPSA) is 16.4 Å². The van der Waals surface area contributed by atoms with E-state index in [9.17, 15) is 0 Å². The number of para-hydroxylation sites is 2. The zero-order valence-corrected chi connectivity index (χ0v) is 31.5. The molecular formula is C55H37NO. The quantitative estimate of drug-likeness (QED) is 0.175. The van der Waals surface area contributed by atoms with Gasteiger partial charge in [0.25, 0.3) is 0 Å². The third kappa shape index (κ3) is 5.41. The van der Waals surface area contributed by atoms with Crippen molar-refractivity contribution in [2.75, 3.05) is 4.90 Å². The highest BCUT2D eigenvalue weighted by molar-refractivity contribution is 6.22. The molecular weight excluding hydrogens is 691 g/mol. The van der Waals surface area contributed by atoms with Gasteiger partial charge in [0.1, 0.15) is 11.2 Å². The van der Waals surface area contributed by atoms with Crippen LogP contribution < -0.4 is 4.90 Å². The molecule has 11 rings (SSSR count). The average molecular weight is 728 g/mol. The first-order chi connectivity index (χ1) is 28.2. The van der Waals surface area contributed by atoms with Crippen molar-refractivity contribution in [3.05, 3.63) is 212 Å². The normalized spacial score (nSPS) is 11.6. The molecule has 2 heteroatoms. The van der Waals surface area contributed by atoms with Crippen molar-refractivity contribution in [1.29, 1.82) is 0 Å². The molecule has 0 unspecified atom stereocenters. The van der Waals surface area contributed by atoms with E-state index in [1.165, 1.54) is 61.2 Å². The van der Waals surface area contributed by atoms with Gasteiger partial charge in [0.2, 0.25) is 0 Å². The second-order valence-electron chi connectivity index (χ2n) is 14.9. The Balaban J connectivity index is 1.13. The average Bonchev–Trinajstić information content (AvgIpc) is 3.67. The van der Waals surface area contributed by atoms with Crippen molar-refractivity contribution in [2.45, 2.75) is 6.92 Å². The van der Waals surface area contributed by atoms with Crippen LogP contribution >= 0.6 is 0 Å². The molecule has 9 aromatic carbocycles. The number of hydrogen-bond donors (Lipinski definition) is 0. The smallest absolute Gasteiger partial charge is 0.143 e. The molecule has 1 aliphatic rings. The fourth-order valence-corrected chi connectivity index (χ4v) is 8.96. The molecule has 0 fully saturated rings. The van der Waals surface area contributed by atoms with Gasteiger partial charge in [-0.15, -0.1) is 0 Å². The summed E-state index contributed by atoms with van der Waals surface area (Å²) in [6.07, 6.45) is 0. The fraction of sp³-hybridized carbons (Fsp3) is 0.0182. The molecule has 1 heterocycles. The van der Waals surface area contributed by atoms with Gasteiger partial charge >= 0.3 is 0 Å². The largest absolute Gasteiger partial charge is 0.455 e. The first-order valence-electron chi connectivity index (χ1n) is 19.6. The molecule has 10 aromatic rings. The summed E-state index contributed by atoms with van der Waals surface area (Å²) in [4.78, 5) is 2.36. The lowest BCUT2D eigenvalue weighted by Crippen LogP contribution is -2.11. The Labute approximate surface area is 332 Å². The van der Waals surface area contributed by atoms with Crippen molar-refractivity contribution in [3.8, 4) is 66.8 Å². The lowest BCUT2D eigenvalue weighted by molar-refractivity contribution is 0.670. The fourth-order valence-electron chi connectivity index (χ4n) is 8.96. The molecule has 0 saturated carbocycles. The van der Waals surface area contributed by atoms with E-state index in [0.29, 0.717) is 0 Å². The van der Waals surface area contributed by atoms with Crippen molar-refractivity contribution in [1.82, 2.24) is 0 Å². The number of furan rings is 1. The van der Waals surface area contributed by atoms with Crippen LogP contribution in [0.3, 0.4) is 0 Å². The van der Waals surface area contributed by atoms with Crippen LogP contribution in [0.15, 0.2) is 211 Å². The molecule has 57 heavy (non-hydrogen) atoms. The zero-order chi connectivity index (χ0) is 37.9. The van der Waals surface area contributed by atoms with Gasteiger partial charge < -0.3 is 9.32 Å². The summed E-state index contributed by atoms with van der Waals surface area (Å²) in [6.45, 7) is 2.21. The second-order valence-corrected chi connectivity index (χ2v) is 14.9. The van der Waals surface area contributed by atoms with Crippen LogP contribution in [0, 0.1) is 6.92 Å². The zero-order valence-electron chi connectivity index (χ0n) is 31.5. The van der Waals surface area contributed by atoms with Gasteiger partial charge in [-0.05, 0) is 117 Å². The van der Waals surface area contributed by atoms with Crippen LogP contribution in [0.1, 0.15) is 5.56 Å². The van der Waals surface area contributed by atoms with E-state index >= 15 is 0 Å². The molecule has 2 nitrogen and oxygen atoms in total. The molecule has 0 amide bonds. The van der Waals surface area contributed by atoms with Gasteiger partial charge in [-0.2, -0.15) is 0 Å². The summed E-state index contributed by atoms with van der Waals surface area (Å²) in [7, 11) is 0. The Morgan fingerprint density at radius 2 is 0.877 bits per heavy atom. The molecule has 0 bridgehead atoms. The number of anilines is 3. The molecule has 0 N–H and O–H groups in total. The molecule has 0 radical (unpaired) electrons. The first kappa shape index (κ1) is 33.0. The maximum atomic E-state index is 6.92. The number of hydrogen-bond acceptors (Lipinski definition) is 2. The van der Waals surface area contributed by atoms with Gasteiger partial charge in [0.05, 0.1) is 0 Å². The summed E-state index contributed by atoms with van der Waals surface area (Å²) in [6, 6.07) is 74.4. The molecule has 1 aromatic heterocycles. The van der Waals surface area contributed by atoms with Crippen molar-refractivity contribution < 1.29 is 4.42 Å². The van der Waals surface area contributed by atoms with Crippen LogP contribution in [0.25, 0.3) is 88.7 Å². The summed E-state index contributed by atoms with van der Waals surface area (Å²) < 4.78 is 6.92. The Kier molecular flexibility index (Phi) is 7.75. The predicted molar refractivity (Wildman–Crippen MR) is 239 cm³/mol. The minimum atomic E-state index is 0.886. The number of fused-ring (bicyclic) bond motifs is 12. The van der Waals surface area contributed by atoms with Gasteiger partial charge in [0.15, 0.2) is 0 Å². The monoisotopic (exact) mass is 727 g/mol. The van der Waals surface area contributed by atoms with Crippen LogP contribution in [0.5, 0.6) is 0 Å². The van der Waals surface area contributed by atoms with E-state index in [0.717, 1.165) is 50.1 Å². The van der Waals surface area contributed by atoms with E-state index in [-0.39, 0.29) is 0 Å².